The first-order chi connectivity index (χ1) is 15.1. The average molecular weight is 449 g/mol. The summed E-state index contributed by atoms with van der Waals surface area (Å²) in [7, 11) is 0. The summed E-state index contributed by atoms with van der Waals surface area (Å²) in [6, 6.07) is 8.89. The lowest BCUT2D eigenvalue weighted by Gasteiger charge is -2.23. The van der Waals surface area contributed by atoms with Crippen molar-refractivity contribution in [1.82, 2.24) is 10.6 Å². The molecule has 0 saturated carbocycles. The van der Waals surface area contributed by atoms with Crippen molar-refractivity contribution in [2.75, 3.05) is 6.54 Å². The summed E-state index contributed by atoms with van der Waals surface area (Å²) in [5, 5.41) is 5.44. The molecular formula is C25H40N2O5. The molecule has 1 aromatic carbocycles. The highest BCUT2D eigenvalue weighted by molar-refractivity contribution is 5.87. The van der Waals surface area contributed by atoms with Gasteiger partial charge in [-0.25, -0.2) is 9.59 Å². The summed E-state index contributed by atoms with van der Waals surface area (Å²) in [5.74, 6) is 0.555. The van der Waals surface area contributed by atoms with Crippen LogP contribution >= 0.6 is 0 Å². The minimum absolute atomic E-state index is 0.0201. The molecule has 32 heavy (non-hydrogen) atoms. The number of benzene rings is 1. The average Bonchev–Trinajstić information content (AvgIpc) is 2.70. The fourth-order valence-electron chi connectivity index (χ4n) is 3.06. The largest absolute Gasteiger partial charge is 0.445 e. The van der Waals surface area contributed by atoms with Gasteiger partial charge in [-0.15, -0.1) is 0 Å². The fraction of sp³-hybridized carbons (Fsp3) is 0.640. The number of hydrogen-bond acceptors (Lipinski definition) is 5. The van der Waals surface area contributed by atoms with Crippen molar-refractivity contribution in [2.45, 2.75) is 91.4 Å². The van der Waals surface area contributed by atoms with Crippen LogP contribution in [0.2, 0.25) is 0 Å². The SMILES string of the molecule is CC(C)CCCC(=O)C(CCCCNC(=O)OCc1ccccc1)NC(=O)OC(C)(C)C. The van der Waals surface area contributed by atoms with Gasteiger partial charge in [0.25, 0.3) is 0 Å². The number of carbonyl (C=O) groups is 3. The normalized spacial score (nSPS) is 12.2. The van der Waals surface area contributed by atoms with Crippen LogP contribution in [0.4, 0.5) is 9.59 Å². The maximum absolute atomic E-state index is 12.7. The highest BCUT2D eigenvalue weighted by Gasteiger charge is 2.23. The lowest BCUT2D eigenvalue weighted by molar-refractivity contribution is -0.121. The van der Waals surface area contributed by atoms with E-state index < -0.39 is 23.8 Å². The standard InChI is InChI=1S/C25H40N2O5/c1-19(2)12-11-16-22(28)21(27-24(30)32-25(3,4)5)15-9-10-17-26-23(29)31-18-20-13-7-6-8-14-20/h6-8,13-14,19,21H,9-12,15-18H2,1-5H3,(H,26,29)(H,27,30). The third-order valence-corrected chi connectivity index (χ3v) is 4.69. The number of carbonyl (C=O) groups excluding carboxylic acids is 3. The number of hydrogen-bond donors (Lipinski definition) is 2. The second-order valence-electron chi connectivity index (χ2n) is 9.44. The van der Waals surface area contributed by atoms with Crippen LogP contribution in [-0.2, 0) is 20.9 Å². The number of rotatable bonds is 13. The van der Waals surface area contributed by atoms with Gasteiger partial charge in [-0.3, -0.25) is 4.79 Å². The van der Waals surface area contributed by atoms with Gasteiger partial charge in [0.1, 0.15) is 12.2 Å². The first kappa shape index (κ1) is 27.5. The van der Waals surface area contributed by atoms with E-state index in [9.17, 15) is 14.4 Å². The molecule has 1 rings (SSSR count). The molecule has 1 aromatic rings. The van der Waals surface area contributed by atoms with E-state index in [2.05, 4.69) is 24.5 Å². The van der Waals surface area contributed by atoms with E-state index in [1.807, 2.05) is 30.3 Å². The van der Waals surface area contributed by atoms with Crippen LogP contribution in [0.15, 0.2) is 30.3 Å². The fourth-order valence-corrected chi connectivity index (χ4v) is 3.06. The van der Waals surface area contributed by atoms with Crippen molar-refractivity contribution in [2.24, 2.45) is 5.92 Å². The van der Waals surface area contributed by atoms with Crippen molar-refractivity contribution >= 4 is 18.0 Å². The Morgan fingerprint density at radius 3 is 2.25 bits per heavy atom. The lowest BCUT2D eigenvalue weighted by Crippen LogP contribution is -2.43. The summed E-state index contributed by atoms with van der Waals surface area (Å²) in [5.41, 5.74) is 0.300. The molecule has 0 aliphatic carbocycles. The van der Waals surface area contributed by atoms with E-state index in [4.69, 9.17) is 9.47 Å². The molecule has 0 fully saturated rings. The highest BCUT2D eigenvalue weighted by Crippen LogP contribution is 2.12. The minimum Gasteiger partial charge on any atom is -0.445 e. The highest BCUT2D eigenvalue weighted by atomic mass is 16.6. The molecule has 7 nitrogen and oxygen atoms in total. The Morgan fingerprint density at radius 1 is 0.938 bits per heavy atom. The number of Topliss-reactive ketones (excluding diaryl/α,β-unsaturated/α-hetero) is 1. The Balaban J connectivity index is 2.39. The van der Waals surface area contributed by atoms with E-state index in [-0.39, 0.29) is 12.4 Å². The number of amides is 2. The minimum atomic E-state index is -0.626. The van der Waals surface area contributed by atoms with Crippen LogP contribution in [0.5, 0.6) is 0 Å². The van der Waals surface area contributed by atoms with E-state index in [1.54, 1.807) is 20.8 Å². The second kappa shape index (κ2) is 14.5. The topological polar surface area (TPSA) is 93.7 Å². The van der Waals surface area contributed by atoms with Crippen molar-refractivity contribution in [3.05, 3.63) is 35.9 Å². The predicted molar refractivity (Wildman–Crippen MR) is 125 cm³/mol. The number of ketones is 1. The summed E-state index contributed by atoms with van der Waals surface area (Å²) >= 11 is 0. The quantitative estimate of drug-likeness (QED) is 0.396. The van der Waals surface area contributed by atoms with Gasteiger partial charge < -0.3 is 20.1 Å². The van der Waals surface area contributed by atoms with E-state index in [0.29, 0.717) is 38.1 Å². The molecular weight excluding hydrogens is 408 g/mol. The third-order valence-electron chi connectivity index (χ3n) is 4.69. The molecule has 2 amide bonds. The Bertz CT molecular complexity index is 698. The number of unbranched alkanes of at least 4 members (excludes halogenated alkanes) is 1. The van der Waals surface area contributed by atoms with Gasteiger partial charge in [0.15, 0.2) is 5.78 Å². The zero-order valence-corrected chi connectivity index (χ0v) is 20.2. The Labute approximate surface area is 192 Å². The van der Waals surface area contributed by atoms with Crippen LogP contribution < -0.4 is 10.6 Å². The molecule has 2 N–H and O–H groups in total. The lowest BCUT2D eigenvalue weighted by atomic mass is 9.98. The van der Waals surface area contributed by atoms with Crippen LogP contribution in [0.1, 0.15) is 78.7 Å². The van der Waals surface area contributed by atoms with Crippen LogP contribution in [0.25, 0.3) is 0 Å². The maximum Gasteiger partial charge on any atom is 0.408 e. The number of alkyl carbamates (subject to hydrolysis) is 2. The van der Waals surface area contributed by atoms with Gasteiger partial charge in [0, 0.05) is 13.0 Å². The van der Waals surface area contributed by atoms with Crippen LogP contribution in [-0.4, -0.2) is 36.2 Å². The third kappa shape index (κ3) is 13.7. The van der Waals surface area contributed by atoms with E-state index >= 15 is 0 Å². The van der Waals surface area contributed by atoms with Crippen LogP contribution in [0, 0.1) is 5.92 Å². The first-order valence-corrected chi connectivity index (χ1v) is 11.5. The molecule has 0 spiro atoms. The number of ether oxygens (including phenoxy) is 2. The Kier molecular flexibility index (Phi) is 12.4. The first-order valence-electron chi connectivity index (χ1n) is 11.5. The van der Waals surface area contributed by atoms with Gasteiger partial charge in [-0.05, 0) is 57.9 Å². The smallest absolute Gasteiger partial charge is 0.408 e. The molecule has 0 bridgehead atoms. The summed E-state index contributed by atoms with van der Waals surface area (Å²) < 4.78 is 10.5. The van der Waals surface area contributed by atoms with Gasteiger partial charge in [0.2, 0.25) is 0 Å². The monoisotopic (exact) mass is 448 g/mol. The van der Waals surface area contributed by atoms with E-state index in [0.717, 1.165) is 18.4 Å². The zero-order valence-electron chi connectivity index (χ0n) is 20.2. The summed E-state index contributed by atoms with van der Waals surface area (Å²) in [6.07, 6.45) is 3.01. The molecule has 1 atom stereocenters. The summed E-state index contributed by atoms with van der Waals surface area (Å²) in [6.45, 7) is 10.3. The summed E-state index contributed by atoms with van der Waals surface area (Å²) in [4.78, 5) is 36.6. The van der Waals surface area contributed by atoms with Crippen molar-refractivity contribution in [3.63, 3.8) is 0 Å². The molecule has 180 valence electrons. The molecule has 0 radical (unpaired) electrons. The molecule has 0 saturated heterocycles. The molecule has 0 aromatic heterocycles. The van der Waals surface area contributed by atoms with Crippen molar-refractivity contribution in [1.29, 1.82) is 0 Å². The maximum atomic E-state index is 12.7. The van der Waals surface area contributed by atoms with Crippen molar-refractivity contribution < 1.29 is 23.9 Å². The van der Waals surface area contributed by atoms with Gasteiger partial charge >= 0.3 is 12.2 Å². The Morgan fingerprint density at radius 2 is 1.62 bits per heavy atom. The number of nitrogens with one attached hydrogen (secondary N) is 2. The van der Waals surface area contributed by atoms with Crippen LogP contribution in [0.3, 0.4) is 0 Å². The molecule has 0 aliphatic rings. The molecule has 7 heteroatoms. The Hall–Kier alpha value is -2.57. The predicted octanol–water partition coefficient (Wildman–Crippen LogP) is 5.37. The van der Waals surface area contributed by atoms with Gasteiger partial charge in [0.05, 0.1) is 6.04 Å². The van der Waals surface area contributed by atoms with Gasteiger partial charge in [-0.1, -0.05) is 50.6 Å². The second-order valence-corrected chi connectivity index (χ2v) is 9.44. The molecule has 0 heterocycles. The van der Waals surface area contributed by atoms with E-state index in [1.165, 1.54) is 0 Å². The van der Waals surface area contributed by atoms with Gasteiger partial charge in [-0.2, -0.15) is 0 Å². The molecule has 1 unspecified atom stereocenters. The van der Waals surface area contributed by atoms with Crippen molar-refractivity contribution in [3.8, 4) is 0 Å². The zero-order chi connectivity index (χ0) is 24.0. The molecule has 0 aliphatic heterocycles.